The van der Waals surface area contributed by atoms with Gasteiger partial charge in [-0.3, -0.25) is 10.1 Å². The van der Waals surface area contributed by atoms with Crippen LogP contribution in [0.5, 0.6) is 5.75 Å². The van der Waals surface area contributed by atoms with Gasteiger partial charge in [-0.05, 0) is 30.4 Å². The van der Waals surface area contributed by atoms with E-state index in [9.17, 15) is 10.1 Å². The van der Waals surface area contributed by atoms with Gasteiger partial charge < -0.3 is 14.8 Å². The summed E-state index contributed by atoms with van der Waals surface area (Å²) in [7, 11) is 1.43. The van der Waals surface area contributed by atoms with Gasteiger partial charge in [0.2, 0.25) is 0 Å². The number of nitrogens with zero attached hydrogens (tertiary/aromatic N) is 1. The van der Waals surface area contributed by atoms with Gasteiger partial charge in [0, 0.05) is 25.8 Å². The first-order valence-corrected chi connectivity index (χ1v) is 6.80. The first-order chi connectivity index (χ1) is 9.70. The van der Waals surface area contributed by atoms with Gasteiger partial charge in [-0.2, -0.15) is 0 Å². The molecule has 0 spiro atoms. The molecule has 110 valence electrons. The molecule has 6 nitrogen and oxygen atoms in total. The molecule has 2 rings (SSSR count). The quantitative estimate of drug-likeness (QED) is 0.638. The molecule has 20 heavy (non-hydrogen) atoms. The Morgan fingerprint density at radius 2 is 2.40 bits per heavy atom. The molecule has 1 fully saturated rings. The molecule has 0 aliphatic carbocycles. The van der Waals surface area contributed by atoms with Crippen molar-refractivity contribution >= 4 is 5.69 Å². The van der Waals surface area contributed by atoms with Gasteiger partial charge in [-0.25, -0.2) is 0 Å². The van der Waals surface area contributed by atoms with Crippen LogP contribution >= 0.6 is 0 Å². The molecule has 1 aliphatic rings. The molecule has 0 saturated carbocycles. The highest BCUT2D eigenvalue weighted by molar-refractivity contribution is 5.48. The van der Waals surface area contributed by atoms with E-state index in [4.69, 9.17) is 9.47 Å². The van der Waals surface area contributed by atoms with Crippen LogP contribution in [0.25, 0.3) is 0 Å². The van der Waals surface area contributed by atoms with E-state index in [1.807, 2.05) is 6.07 Å². The molecule has 1 heterocycles. The smallest absolute Gasteiger partial charge is 0.311 e. The number of hydrogen-bond donors (Lipinski definition) is 1. The van der Waals surface area contributed by atoms with Gasteiger partial charge in [-0.15, -0.1) is 0 Å². The summed E-state index contributed by atoms with van der Waals surface area (Å²) in [5, 5.41) is 14.3. The van der Waals surface area contributed by atoms with Gasteiger partial charge in [0.15, 0.2) is 5.75 Å². The summed E-state index contributed by atoms with van der Waals surface area (Å²) in [6.45, 7) is 3.15. The largest absolute Gasteiger partial charge is 0.490 e. The van der Waals surface area contributed by atoms with Gasteiger partial charge in [0.05, 0.1) is 18.6 Å². The third-order valence-corrected chi connectivity index (χ3v) is 3.46. The Morgan fingerprint density at radius 3 is 3.05 bits per heavy atom. The maximum atomic E-state index is 10.9. The van der Waals surface area contributed by atoms with Gasteiger partial charge in [-0.1, -0.05) is 6.07 Å². The van der Waals surface area contributed by atoms with Crippen molar-refractivity contribution in [3.8, 4) is 5.75 Å². The molecule has 0 bridgehead atoms. The number of benzene rings is 1. The number of nitro benzene ring substituents is 1. The lowest BCUT2D eigenvalue weighted by Crippen LogP contribution is -2.28. The Labute approximate surface area is 118 Å². The SMILES string of the molecule is COc1ccc(CNCC2CCCOC2)cc1[N+](=O)[O-]. The highest BCUT2D eigenvalue weighted by Gasteiger charge is 2.16. The molecule has 1 unspecified atom stereocenters. The summed E-state index contributed by atoms with van der Waals surface area (Å²) in [6.07, 6.45) is 2.29. The van der Waals surface area contributed by atoms with Crippen molar-refractivity contribution < 1.29 is 14.4 Å². The van der Waals surface area contributed by atoms with Crippen molar-refractivity contribution in [2.45, 2.75) is 19.4 Å². The van der Waals surface area contributed by atoms with Crippen molar-refractivity contribution in [2.75, 3.05) is 26.9 Å². The van der Waals surface area contributed by atoms with Crippen molar-refractivity contribution in [1.29, 1.82) is 0 Å². The second kappa shape index (κ2) is 7.21. The minimum Gasteiger partial charge on any atom is -0.490 e. The highest BCUT2D eigenvalue weighted by atomic mass is 16.6. The van der Waals surface area contributed by atoms with Crippen molar-refractivity contribution in [3.05, 3.63) is 33.9 Å². The van der Waals surface area contributed by atoms with E-state index in [0.29, 0.717) is 18.2 Å². The first-order valence-electron chi connectivity index (χ1n) is 6.80. The molecular formula is C14H20N2O4. The van der Waals surface area contributed by atoms with Crippen LogP contribution in [-0.4, -0.2) is 31.8 Å². The zero-order valence-electron chi connectivity index (χ0n) is 11.6. The zero-order valence-corrected chi connectivity index (χ0v) is 11.6. The van der Waals surface area contributed by atoms with Crippen LogP contribution in [0.15, 0.2) is 18.2 Å². The first kappa shape index (κ1) is 14.7. The van der Waals surface area contributed by atoms with Crippen LogP contribution in [0.1, 0.15) is 18.4 Å². The molecule has 1 atom stereocenters. The van der Waals surface area contributed by atoms with E-state index >= 15 is 0 Å². The maximum absolute atomic E-state index is 10.9. The third kappa shape index (κ3) is 3.91. The summed E-state index contributed by atoms with van der Waals surface area (Å²) >= 11 is 0. The second-order valence-electron chi connectivity index (χ2n) is 4.98. The maximum Gasteiger partial charge on any atom is 0.311 e. The fourth-order valence-electron chi connectivity index (χ4n) is 2.38. The third-order valence-electron chi connectivity index (χ3n) is 3.46. The van der Waals surface area contributed by atoms with Crippen LogP contribution in [0, 0.1) is 16.0 Å². The summed E-state index contributed by atoms with van der Waals surface area (Å²) in [6, 6.07) is 5.04. The molecule has 1 N–H and O–H groups in total. The molecule has 6 heteroatoms. The minimum absolute atomic E-state index is 0.00722. The van der Waals surface area contributed by atoms with Crippen LogP contribution in [0.3, 0.4) is 0 Å². The molecular weight excluding hydrogens is 260 g/mol. The Balaban J connectivity index is 1.89. The van der Waals surface area contributed by atoms with Crippen molar-refractivity contribution in [3.63, 3.8) is 0 Å². The summed E-state index contributed by atoms with van der Waals surface area (Å²) < 4.78 is 10.4. The second-order valence-corrected chi connectivity index (χ2v) is 4.98. The average molecular weight is 280 g/mol. The molecule has 0 aromatic heterocycles. The Morgan fingerprint density at radius 1 is 1.55 bits per heavy atom. The van der Waals surface area contributed by atoms with Crippen LogP contribution < -0.4 is 10.1 Å². The molecule has 0 amide bonds. The topological polar surface area (TPSA) is 73.6 Å². The lowest BCUT2D eigenvalue weighted by atomic mass is 10.0. The number of rotatable bonds is 6. The fourth-order valence-corrected chi connectivity index (χ4v) is 2.38. The zero-order chi connectivity index (χ0) is 14.4. The summed E-state index contributed by atoms with van der Waals surface area (Å²) in [5.74, 6) is 0.830. The lowest BCUT2D eigenvalue weighted by Gasteiger charge is -2.22. The van der Waals surface area contributed by atoms with Crippen molar-refractivity contribution in [2.24, 2.45) is 5.92 Å². The number of nitrogens with one attached hydrogen (secondary N) is 1. The van der Waals surface area contributed by atoms with E-state index in [1.54, 1.807) is 12.1 Å². The van der Waals surface area contributed by atoms with E-state index in [0.717, 1.165) is 31.7 Å². The predicted molar refractivity (Wildman–Crippen MR) is 74.9 cm³/mol. The normalized spacial score (nSPS) is 18.8. The Kier molecular flexibility index (Phi) is 5.31. The van der Waals surface area contributed by atoms with E-state index < -0.39 is 4.92 Å². The highest BCUT2D eigenvalue weighted by Crippen LogP contribution is 2.27. The Hall–Kier alpha value is -1.66. The number of hydrogen-bond acceptors (Lipinski definition) is 5. The number of ether oxygens (including phenoxy) is 2. The molecule has 1 saturated heterocycles. The van der Waals surface area contributed by atoms with Gasteiger partial charge in [0.1, 0.15) is 0 Å². The minimum atomic E-state index is -0.419. The van der Waals surface area contributed by atoms with E-state index in [-0.39, 0.29) is 5.69 Å². The number of nitro groups is 1. The predicted octanol–water partition coefficient (Wildman–Crippen LogP) is 2.12. The summed E-state index contributed by atoms with van der Waals surface area (Å²) in [5.41, 5.74) is 0.891. The monoisotopic (exact) mass is 280 g/mol. The molecule has 1 aliphatic heterocycles. The number of methoxy groups -OCH3 is 1. The van der Waals surface area contributed by atoms with Crippen LogP contribution in [0.4, 0.5) is 5.69 Å². The van der Waals surface area contributed by atoms with Crippen LogP contribution in [0.2, 0.25) is 0 Å². The summed E-state index contributed by atoms with van der Waals surface area (Å²) in [4.78, 5) is 10.5. The lowest BCUT2D eigenvalue weighted by molar-refractivity contribution is -0.385. The Bertz CT molecular complexity index is 458. The fraction of sp³-hybridized carbons (Fsp3) is 0.571. The van der Waals surface area contributed by atoms with Crippen molar-refractivity contribution in [1.82, 2.24) is 5.32 Å². The van der Waals surface area contributed by atoms with Gasteiger partial charge in [0.25, 0.3) is 0 Å². The van der Waals surface area contributed by atoms with Gasteiger partial charge >= 0.3 is 5.69 Å². The molecule has 1 aromatic carbocycles. The average Bonchev–Trinajstić information content (AvgIpc) is 2.48. The van der Waals surface area contributed by atoms with E-state index in [1.165, 1.54) is 13.5 Å². The molecule has 1 aromatic rings. The standard InChI is InChI=1S/C14H20N2O4/c1-19-14-5-4-11(7-13(14)16(17)18)8-15-9-12-3-2-6-20-10-12/h4-5,7,12,15H,2-3,6,8-10H2,1H3. The van der Waals surface area contributed by atoms with Crippen LogP contribution in [-0.2, 0) is 11.3 Å². The van der Waals surface area contributed by atoms with E-state index in [2.05, 4.69) is 5.32 Å². The molecule has 0 radical (unpaired) electrons.